The summed E-state index contributed by atoms with van der Waals surface area (Å²) < 4.78 is 0. The Bertz CT molecular complexity index is 414. The first kappa shape index (κ1) is 12.5. The number of urea groups is 1. The number of hydrogen-bond donors (Lipinski definition) is 1. The van der Waals surface area contributed by atoms with Gasteiger partial charge >= 0.3 is 6.03 Å². The van der Waals surface area contributed by atoms with Gasteiger partial charge in [-0.3, -0.25) is 0 Å². The summed E-state index contributed by atoms with van der Waals surface area (Å²) in [5, 5.41) is 12.2. The monoisotopic (exact) mass is 281 g/mol. The quantitative estimate of drug-likeness (QED) is 0.865. The van der Waals surface area contributed by atoms with Crippen LogP contribution < -0.4 is 5.32 Å². The van der Waals surface area contributed by atoms with Crippen molar-refractivity contribution >= 4 is 27.6 Å². The third kappa shape index (κ3) is 3.55. The third-order valence-electron chi connectivity index (χ3n) is 2.01. The number of rotatable bonds is 3. The second-order valence-corrected chi connectivity index (χ2v) is 4.03. The van der Waals surface area contributed by atoms with E-state index in [0.29, 0.717) is 17.8 Å². The summed E-state index contributed by atoms with van der Waals surface area (Å²) in [5.74, 6) is 0. The highest BCUT2D eigenvalue weighted by Crippen LogP contribution is 2.10. The number of anilines is 1. The molecule has 0 unspecified atom stereocenters. The Morgan fingerprint density at radius 1 is 1.62 bits per heavy atom. The van der Waals surface area contributed by atoms with Crippen LogP contribution in [0.3, 0.4) is 0 Å². The van der Waals surface area contributed by atoms with Crippen LogP contribution in [0.5, 0.6) is 0 Å². The highest BCUT2D eigenvalue weighted by molar-refractivity contribution is 9.09. The molecule has 0 aliphatic carbocycles. The number of halogens is 1. The van der Waals surface area contributed by atoms with E-state index in [1.54, 1.807) is 36.2 Å². The van der Waals surface area contributed by atoms with Crippen LogP contribution in [0.15, 0.2) is 24.3 Å². The number of nitrogens with one attached hydrogen (secondary N) is 1. The van der Waals surface area contributed by atoms with Gasteiger partial charge in [0.2, 0.25) is 0 Å². The first-order valence-corrected chi connectivity index (χ1v) is 5.87. The van der Waals surface area contributed by atoms with E-state index in [4.69, 9.17) is 5.26 Å². The molecule has 0 radical (unpaired) electrons. The Morgan fingerprint density at radius 2 is 2.38 bits per heavy atom. The minimum absolute atomic E-state index is 0.186. The Labute approximate surface area is 103 Å². The number of carbonyl (C=O) groups excluding carboxylic acids is 1. The Morgan fingerprint density at radius 3 is 3.00 bits per heavy atom. The van der Waals surface area contributed by atoms with Gasteiger partial charge < -0.3 is 10.2 Å². The van der Waals surface area contributed by atoms with Crippen molar-refractivity contribution in [1.29, 1.82) is 5.26 Å². The minimum atomic E-state index is -0.186. The lowest BCUT2D eigenvalue weighted by Gasteiger charge is -2.16. The van der Waals surface area contributed by atoms with Gasteiger partial charge in [0.15, 0.2) is 0 Å². The highest BCUT2D eigenvalue weighted by Gasteiger charge is 2.07. The molecule has 0 spiro atoms. The molecule has 0 saturated carbocycles. The molecule has 0 aliphatic rings. The largest absolute Gasteiger partial charge is 0.327 e. The van der Waals surface area contributed by atoms with Crippen molar-refractivity contribution in [2.24, 2.45) is 0 Å². The topological polar surface area (TPSA) is 56.1 Å². The zero-order valence-corrected chi connectivity index (χ0v) is 10.5. The van der Waals surface area contributed by atoms with Crippen molar-refractivity contribution in [1.82, 2.24) is 4.90 Å². The molecular weight excluding hydrogens is 270 g/mol. The molecule has 0 atom stereocenters. The van der Waals surface area contributed by atoms with Gasteiger partial charge in [0, 0.05) is 24.6 Å². The van der Waals surface area contributed by atoms with Crippen molar-refractivity contribution in [2.75, 3.05) is 24.2 Å². The zero-order chi connectivity index (χ0) is 12.0. The summed E-state index contributed by atoms with van der Waals surface area (Å²) in [6, 6.07) is 8.65. The summed E-state index contributed by atoms with van der Waals surface area (Å²) in [4.78, 5) is 13.2. The average Bonchev–Trinajstić information content (AvgIpc) is 2.29. The lowest BCUT2D eigenvalue weighted by molar-refractivity contribution is 0.225. The van der Waals surface area contributed by atoms with E-state index in [1.165, 1.54) is 0 Å². The average molecular weight is 282 g/mol. The van der Waals surface area contributed by atoms with Crippen molar-refractivity contribution in [2.45, 2.75) is 0 Å². The number of alkyl halides is 1. The Hall–Kier alpha value is -1.54. The number of hydrogen-bond acceptors (Lipinski definition) is 2. The van der Waals surface area contributed by atoms with Gasteiger partial charge in [0.1, 0.15) is 0 Å². The van der Waals surface area contributed by atoms with Gasteiger partial charge in [-0.15, -0.1) is 0 Å². The SMILES string of the molecule is CN(CCBr)C(=O)Nc1cccc(C#N)c1. The summed E-state index contributed by atoms with van der Waals surface area (Å²) in [7, 11) is 1.71. The first-order valence-electron chi connectivity index (χ1n) is 4.75. The molecule has 0 fully saturated rings. The normalized spacial score (nSPS) is 9.31. The fourth-order valence-electron chi connectivity index (χ4n) is 1.11. The number of carbonyl (C=O) groups is 1. The lowest BCUT2D eigenvalue weighted by atomic mass is 10.2. The standard InChI is InChI=1S/C11H12BrN3O/c1-15(6-5-12)11(16)14-10-4-2-3-9(7-10)8-13/h2-4,7H,5-6H2,1H3,(H,14,16). The summed E-state index contributed by atoms with van der Waals surface area (Å²) in [5.41, 5.74) is 1.16. The molecule has 0 aliphatic heterocycles. The van der Waals surface area contributed by atoms with Crippen molar-refractivity contribution in [3.05, 3.63) is 29.8 Å². The van der Waals surface area contributed by atoms with Crippen LogP contribution in [-0.2, 0) is 0 Å². The number of benzene rings is 1. The molecule has 0 bridgehead atoms. The fraction of sp³-hybridized carbons (Fsp3) is 0.273. The van der Waals surface area contributed by atoms with E-state index >= 15 is 0 Å². The molecule has 84 valence electrons. The smallest absolute Gasteiger partial charge is 0.321 e. The molecule has 1 aromatic rings. The van der Waals surface area contributed by atoms with Crippen molar-refractivity contribution in [3.63, 3.8) is 0 Å². The van der Waals surface area contributed by atoms with Crippen LogP contribution in [-0.4, -0.2) is 29.9 Å². The van der Waals surface area contributed by atoms with Crippen LogP contribution in [0.1, 0.15) is 5.56 Å². The Balaban J connectivity index is 2.66. The van der Waals surface area contributed by atoms with Crippen LogP contribution in [0.25, 0.3) is 0 Å². The van der Waals surface area contributed by atoms with E-state index in [1.807, 2.05) is 6.07 Å². The second kappa shape index (κ2) is 6.13. The molecule has 5 heteroatoms. The van der Waals surface area contributed by atoms with Crippen molar-refractivity contribution < 1.29 is 4.79 Å². The summed E-state index contributed by atoms with van der Waals surface area (Å²) in [6.07, 6.45) is 0. The molecule has 4 nitrogen and oxygen atoms in total. The number of nitriles is 1. The van der Waals surface area contributed by atoms with Gasteiger partial charge in [0.25, 0.3) is 0 Å². The van der Waals surface area contributed by atoms with E-state index < -0.39 is 0 Å². The van der Waals surface area contributed by atoms with Crippen molar-refractivity contribution in [3.8, 4) is 6.07 Å². The van der Waals surface area contributed by atoms with Gasteiger partial charge in [-0.25, -0.2) is 4.79 Å². The number of amides is 2. The molecule has 1 N–H and O–H groups in total. The minimum Gasteiger partial charge on any atom is -0.327 e. The van der Waals surface area contributed by atoms with E-state index in [2.05, 4.69) is 21.2 Å². The van der Waals surface area contributed by atoms with Gasteiger partial charge in [0.05, 0.1) is 11.6 Å². The van der Waals surface area contributed by atoms with Gasteiger partial charge in [-0.2, -0.15) is 5.26 Å². The van der Waals surface area contributed by atoms with E-state index in [0.717, 1.165) is 5.33 Å². The second-order valence-electron chi connectivity index (χ2n) is 3.23. The molecule has 2 amide bonds. The van der Waals surface area contributed by atoms with Crippen LogP contribution in [0.4, 0.5) is 10.5 Å². The first-order chi connectivity index (χ1) is 7.67. The predicted octanol–water partition coefficient (Wildman–Crippen LogP) is 2.42. The fourth-order valence-corrected chi connectivity index (χ4v) is 1.65. The highest BCUT2D eigenvalue weighted by atomic mass is 79.9. The molecule has 1 aromatic carbocycles. The Kier molecular flexibility index (Phi) is 4.80. The third-order valence-corrected chi connectivity index (χ3v) is 2.36. The molecule has 16 heavy (non-hydrogen) atoms. The van der Waals surface area contributed by atoms with Gasteiger partial charge in [-0.05, 0) is 18.2 Å². The molecule has 0 aromatic heterocycles. The maximum atomic E-state index is 11.6. The predicted molar refractivity (Wildman–Crippen MR) is 66.6 cm³/mol. The maximum Gasteiger partial charge on any atom is 0.321 e. The lowest BCUT2D eigenvalue weighted by Crippen LogP contribution is -2.32. The van der Waals surface area contributed by atoms with Crippen LogP contribution in [0.2, 0.25) is 0 Å². The molecule has 1 rings (SSSR count). The maximum absolute atomic E-state index is 11.6. The summed E-state index contributed by atoms with van der Waals surface area (Å²) in [6.45, 7) is 0.629. The molecule has 0 saturated heterocycles. The van der Waals surface area contributed by atoms with Crippen LogP contribution in [0, 0.1) is 11.3 Å². The number of nitrogens with zero attached hydrogens (tertiary/aromatic N) is 2. The van der Waals surface area contributed by atoms with Gasteiger partial charge in [-0.1, -0.05) is 22.0 Å². The molecule has 0 heterocycles. The van der Waals surface area contributed by atoms with Crippen LogP contribution >= 0.6 is 15.9 Å². The zero-order valence-electron chi connectivity index (χ0n) is 8.90. The van der Waals surface area contributed by atoms with E-state index in [9.17, 15) is 4.79 Å². The summed E-state index contributed by atoms with van der Waals surface area (Å²) >= 11 is 3.26. The molecular formula is C11H12BrN3O. The van der Waals surface area contributed by atoms with E-state index in [-0.39, 0.29) is 6.03 Å².